The van der Waals surface area contributed by atoms with E-state index in [2.05, 4.69) is 38.4 Å². The van der Waals surface area contributed by atoms with Gasteiger partial charge in [-0.15, -0.1) is 13.2 Å². The number of hydrogen-bond acceptors (Lipinski definition) is 46. The van der Waals surface area contributed by atoms with Gasteiger partial charge in [0.1, 0.15) is 170 Å². The molecule has 5 aliphatic carbocycles. The SMILES string of the molecule is C=C[C@@](C)(O)CC/C=C(\C)C(=O)O[C@@H]1[C@@H](O)[C@H](O)[C@@H](O[C@](C)(C=C)CC/C=C(\CO)C(=O)O[C@@H]2C[C@]3(C(=O)O[C@H]4O[C@@H](CO)[C@H](O)[C@@H](O)[C@@H]4O[C@H]4O[C@@H](C)[C@H](O[C@H]5O[C@H](CO)[C@@H](O)[C@@H]5O)[C@@H](O[C@H]5O[C@@H](CO)[C@H](O)[C@@H](O)[C@@H]5O)[C@@H]4O)[C@@H](O)C[C@]4(C)C(=CC[C@H]5[C@]6(C)CC[C@@H](O[C@H]7O[C@@H](CO[C@H]8O[C@@H](CO)[C@H](O)[C@@H](O)[C@@H]8O[C@H]8OC[C@H](O)[C@@H](O)[C@@H]8O)[C@H](O)[C@@H](O)[C@@H]7NC(C)=O)C(C)(C)[C@H]6CC[C@@]54C)[C@@H]3CC2(C)C)O[C@H]1C. The van der Waals surface area contributed by atoms with Crippen molar-refractivity contribution < 1.29 is 227 Å². The van der Waals surface area contributed by atoms with Crippen LogP contribution in [0.5, 0.6) is 0 Å². The molecule has 13 rings (SSSR count). The van der Waals surface area contributed by atoms with Crippen molar-refractivity contribution in [3.8, 4) is 0 Å². The van der Waals surface area contributed by atoms with E-state index >= 15 is 9.59 Å². The van der Waals surface area contributed by atoms with Crippen LogP contribution in [0, 0.1) is 50.2 Å². The number of aliphatic hydroxyl groups is 24. The number of fused-ring (bicyclic) bond motifs is 7. The lowest BCUT2D eigenvalue weighted by atomic mass is 9.33. The summed E-state index contributed by atoms with van der Waals surface area (Å²) in [6, 6.07) is -1.41. The Morgan fingerprint density at radius 2 is 0.993 bits per heavy atom. The quantitative estimate of drug-likeness (QED) is 0.00924. The van der Waals surface area contributed by atoms with Crippen molar-refractivity contribution >= 4 is 23.8 Å². The number of ether oxygens (including phenoxy) is 18. The van der Waals surface area contributed by atoms with E-state index < -0.39 is 378 Å². The van der Waals surface area contributed by atoms with Gasteiger partial charge in [-0.25, -0.2) is 9.59 Å². The molecule has 8 saturated heterocycles. The summed E-state index contributed by atoms with van der Waals surface area (Å²) >= 11 is 0. The number of rotatable bonds is 35. The molecule has 47 heteroatoms. The van der Waals surface area contributed by atoms with E-state index in [1.165, 1.54) is 45.9 Å². The second-order valence-electron chi connectivity index (χ2n) is 44.2. The number of carbonyl (C=O) groups is 4. The highest BCUT2D eigenvalue weighted by Crippen LogP contribution is 2.76. The van der Waals surface area contributed by atoms with Gasteiger partial charge in [0.15, 0.2) is 56.2 Å². The number of allylic oxidation sites excluding steroid dienone is 4. The van der Waals surface area contributed by atoms with Gasteiger partial charge in [0, 0.05) is 24.3 Å². The lowest BCUT2D eigenvalue weighted by Gasteiger charge is -2.72. The van der Waals surface area contributed by atoms with E-state index in [9.17, 15) is 132 Å². The van der Waals surface area contributed by atoms with Crippen molar-refractivity contribution in [3.63, 3.8) is 0 Å². The molecular weight excluding hydrogens is 1930 g/mol. The molecule has 1 amide bonds. The van der Waals surface area contributed by atoms with E-state index in [-0.39, 0.29) is 61.5 Å². The van der Waals surface area contributed by atoms with Gasteiger partial charge in [-0.1, -0.05) is 84.4 Å². The predicted octanol–water partition coefficient (Wildman–Crippen LogP) is -5.92. The fourth-order valence-corrected chi connectivity index (χ4v) is 24.7. The molecule has 0 spiro atoms. The van der Waals surface area contributed by atoms with E-state index in [4.69, 9.17) is 85.3 Å². The van der Waals surface area contributed by atoms with Crippen LogP contribution in [0.25, 0.3) is 0 Å². The monoisotopic (exact) mass is 2080 g/mol. The van der Waals surface area contributed by atoms with Gasteiger partial charge in [-0.05, 0) is 145 Å². The number of aliphatic hydroxyl groups excluding tert-OH is 23. The molecule has 47 nitrogen and oxygen atoms in total. The average molecular weight is 2080 g/mol. The third-order valence-corrected chi connectivity index (χ3v) is 34.0. The minimum Gasteiger partial charge on any atom is -0.458 e. The smallest absolute Gasteiger partial charge is 0.336 e. The molecule has 145 heavy (non-hydrogen) atoms. The number of carbonyl (C=O) groups excluding carboxylic acids is 4. The van der Waals surface area contributed by atoms with E-state index in [1.54, 1.807) is 33.8 Å². The summed E-state index contributed by atoms with van der Waals surface area (Å²) in [6.45, 7) is 24.4. The van der Waals surface area contributed by atoms with Crippen LogP contribution < -0.4 is 5.32 Å². The zero-order chi connectivity index (χ0) is 107. The zero-order valence-electron chi connectivity index (χ0n) is 83.9. The number of amides is 1. The van der Waals surface area contributed by atoms with E-state index in [0.717, 1.165) is 0 Å². The molecule has 0 unspecified atom stereocenters. The van der Waals surface area contributed by atoms with Gasteiger partial charge in [0.2, 0.25) is 12.2 Å². The third kappa shape index (κ3) is 23.0. The van der Waals surface area contributed by atoms with E-state index in [1.807, 2.05) is 20.8 Å². The maximum Gasteiger partial charge on any atom is 0.336 e. The molecule has 0 aromatic rings. The molecule has 8 aliphatic heterocycles. The molecule has 828 valence electrons. The highest BCUT2D eigenvalue weighted by Gasteiger charge is 2.74. The minimum atomic E-state index is -2.30. The molecule has 0 bridgehead atoms. The molecule has 4 saturated carbocycles. The molecule has 8 heterocycles. The van der Waals surface area contributed by atoms with Crippen molar-refractivity contribution in [2.75, 3.05) is 46.2 Å². The Balaban J connectivity index is 0.788. The minimum absolute atomic E-state index is 0.0347. The van der Waals surface area contributed by atoms with Crippen LogP contribution in [0.1, 0.15) is 167 Å². The molecule has 0 radical (unpaired) electrons. The Morgan fingerprint density at radius 3 is 1.59 bits per heavy atom. The molecule has 0 aromatic carbocycles. The van der Waals surface area contributed by atoms with Gasteiger partial charge >= 0.3 is 17.9 Å². The number of nitrogens with one attached hydrogen (secondary N) is 1. The zero-order valence-corrected chi connectivity index (χ0v) is 83.9. The van der Waals surface area contributed by atoms with Gasteiger partial charge in [0.25, 0.3) is 0 Å². The first-order chi connectivity index (χ1) is 68.0. The predicted molar refractivity (Wildman–Crippen MR) is 490 cm³/mol. The van der Waals surface area contributed by atoms with Crippen LogP contribution in [-0.2, 0) is 104 Å². The van der Waals surface area contributed by atoms with Crippen LogP contribution in [-0.4, -0.2) is 456 Å². The van der Waals surface area contributed by atoms with Crippen molar-refractivity contribution in [2.45, 2.75) is 430 Å². The van der Waals surface area contributed by atoms with Gasteiger partial charge in [-0.3, -0.25) is 9.59 Å². The standard InChI is InChI=1S/C98H155NO46/c1-16-93(11,127)26-18-20-40(3)80(124)139-75-41(4)131-87(73(122)69(75)118)145-94(12,17-2)27-19-21-44(33-100)81(125)137-57-32-98(90(126)144-89-79(68(117)62(111)50(36-103)135-89)143-86-74(123)77(141-85-72(121)66(115)60(109)48(34-101)132-85)76(42(5)130-86)140-84-71(120)63(112)51(37-104)133-84)46(30-91(57,7)8)45-22-23-54-95(13)28-25-56(92(9,10)53(95)24-29-96(54,14)97(45,15)31-55(98)107)138-82-58(99-43(6)105)65(114)64(113)52(136-82)39-129-88-78(67(116)61(110)49(35-102)134-88)142-83-70(119)59(108)47(106)38-128-83/h16-17,20-22,41-42,46-79,82-89,100-104,106-123,127H,1-2,18-19,23-39H2,3-15H3,(H,99,105)/b40-20+,44-21+/t41-,42-,46-,47-,48-,49-,50-,51+,52-,53+,54-,55-,56+,57+,58-,59+,60-,61-,62-,63+,64-,65-,66+,67+,68+,69-,70-,71-,72-,73-,74-,75-,76-,77-,78-,79-,82+,83+,84+,85+,86+,87+,88-,89+,93+,94+,95+,96-,97+,98+/m0/s1. The average Bonchev–Trinajstić information content (AvgIpc) is 0.733. The summed E-state index contributed by atoms with van der Waals surface area (Å²) in [5.41, 5.74) is -8.72. The Hall–Kier alpha value is -4.98. The van der Waals surface area contributed by atoms with Gasteiger partial charge in [0.05, 0.1) is 87.4 Å². The molecule has 50 atom stereocenters. The summed E-state index contributed by atoms with van der Waals surface area (Å²) in [7, 11) is 0. The normalized spacial score (nSPS) is 47.7. The van der Waals surface area contributed by atoms with Crippen molar-refractivity contribution in [1.82, 2.24) is 5.32 Å². The highest BCUT2D eigenvalue weighted by atomic mass is 16.8. The van der Waals surface area contributed by atoms with Crippen LogP contribution >= 0.6 is 0 Å². The van der Waals surface area contributed by atoms with Crippen LogP contribution in [0.3, 0.4) is 0 Å². The fraction of sp³-hybridized carbons (Fsp3) is 0.857. The molecule has 25 N–H and O–H groups in total. The van der Waals surface area contributed by atoms with Crippen molar-refractivity contribution in [2.24, 2.45) is 50.2 Å². The summed E-state index contributed by atoms with van der Waals surface area (Å²) in [6.07, 6.45) is -61.2. The number of esters is 3. The van der Waals surface area contributed by atoms with Crippen LogP contribution in [0.4, 0.5) is 0 Å². The Kier molecular flexibility index (Phi) is 37.4. The Morgan fingerprint density at radius 1 is 0.483 bits per heavy atom. The van der Waals surface area contributed by atoms with Gasteiger partial charge < -0.3 is 213 Å². The molecule has 0 aromatic heterocycles. The molecule has 13 aliphatic rings. The fourth-order valence-electron chi connectivity index (χ4n) is 24.7. The lowest BCUT2D eigenvalue weighted by molar-refractivity contribution is -0.390. The van der Waals surface area contributed by atoms with Crippen molar-refractivity contribution in [3.05, 3.63) is 60.3 Å². The maximum atomic E-state index is 16.9. The third-order valence-electron chi connectivity index (χ3n) is 34.0. The maximum absolute atomic E-state index is 16.9. The Labute approximate surface area is 839 Å². The molecular formula is C98H155NO46. The first kappa shape index (κ1) is 117. The summed E-state index contributed by atoms with van der Waals surface area (Å²) < 4.78 is 110. The summed E-state index contributed by atoms with van der Waals surface area (Å²) in [5, 5.41) is 272. The summed E-state index contributed by atoms with van der Waals surface area (Å²) in [5.74, 6) is -5.31. The van der Waals surface area contributed by atoms with Crippen molar-refractivity contribution in [1.29, 1.82) is 0 Å². The largest absolute Gasteiger partial charge is 0.458 e. The Bertz CT molecular complexity index is 4490. The van der Waals surface area contributed by atoms with Gasteiger partial charge in [-0.2, -0.15) is 0 Å². The second-order valence-corrected chi connectivity index (χ2v) is 44.2. The highest BCUT2D eigenvalue weighted by molar-refractivity contribution is 5.89. The van der Waals surface area contributed by atoms with E-state index in [0.29, 0.717) is 37.7 Å². The second kappa shape index (κ2) is 46.4. The molecule has 12 fully saturated rings. The van der Waals surface area contributed by atoms with Crippen LogP contribution in [0.15, 0.2) is 60.3 Å². The number of hydrogen-bond donors (Lipinski definition) is 25. The summed E-state index contributed by atoms with van der Waals surface area (Å²) in [4.78, 5) is 58.3. The van der Waals surface area contributed by atoms with Crippen LogP contribution in [0.2, 0.25) is 0 Å². The topological polar surface area (TPSA) is 732 Å². The lowest BCUT2D eigenvalue weighted by Crippen LogP contribution is -2.70. The first-order valence-corrected chi connectivity index (χ1v) is 50.0. The first-order valence-electron chi connectivity index (χ1n) is 50.0.